The minimum Gasteiger partial charge on any atom is -0.504 e. The summed E-state index contributed by atoms with van der Waals surface area (Å²) in [6.45, 7) is 5.50. The average Bonchev–Trinajstić information content (AvgIpc) is 2.56. The van der Waals surface area contributed by atoms with Crippen LogP contribution >= 0.6 is 0 Å². The SMILES string of the molecule is C/C=C\C(=O)/C(O)=C(\C)CN(C)CCN(C)Cc1occc(=O)c1O. The molecule has 0 unspecified atom stereocenters. The van der Waals surface area contributed by atoms with Gasteiger partial charge in [0.05, 0.1) is 12.8 Å². The van der Waals surface area contributed by atoms with Crippen LogP contribution < -0.4 is 5.43 Å². The van der Waals surface area contributed by atoms with Crippen molar-refractivity contribution in [1.29, 1.82) is 0 Å². The highest BCUT2D eigenvalue weighted by molar-refractivity contribution is 6.02. The Morgan fingerprint density at radius 3 is 2.56 bits per heavy atom. The average molecular weight is 350 g/mol. The maximum atomic E-state index is 11.6. The summed E-state index contributed by atoms with van der Waals surface area (Å²) in [4.78, 5) is 26.9. The van der Waals surface area contributed by atoms with E-state index in [4.69, 9.17) is 4.42 Å². The van der Waals surface area contributed by atoms with Gasteiger partial charge < -0.3 is 19.5 Å². The van der Waals surface area contributed by atoms with Gasteiger partial charge in [-0.3, -0.25) is 14.5 Å². The number of carbonyl (C=O) groups is 1. The fourth-order valence-corrected chi connectivity index (χ4v) is 2.23. The molecule has 1 rings (SSSR count). The van der Waals surface area contributed by atoms with Crippen LogP contribution in [0.2, 0.25) is 0 Å². The summed E-state index contributed by atoms with van der Waals surface area (Å²) >= 11 is 0. The molecule has 0 amide bonds. The molecule has 2 N–H and O–H groups in total. The number of hydrogen-bond acceptors (Lipinski definition) is 7. The normalized spacial score (nSPS) is 12.9. The highest BCUT2D eigenvalue weighted by Gasteiger charge is 2.13. The molecule has 0 fully saturated rings. The van der Waals surface area contributed by atoms with Gasteiger partial charge in [0, 0.05) is 25.7 Å². The molecular formula is C18H26N2O5. The molecule has 0 aliphatic rings. The summed E-state index contributed by atoms with van der Waals surface area (Å²) in [6, 6.07) is 1.17. The molecule has 7 heteroatoms. The van der Waals surface area contributed by atoms with E-state index in [1.807, 2.05) is 23.9 Å². The Labute approximate surface area is 147 Å². The first kappa shape index (κ1) is 20.7. The number of hydrogen-bond donors (Lipinski definition) is 2. The Morgan fingerprint density at radius 2 is 1.92 bits per heavy atom. The summed E-state index contributed by atoms with van der Waals surface area (Å²) in [5, 5.41) is 19.6. The monoisotopic (exact) mass is 350 g/mol. The zero-order chi connectivity index (χ0) is 19.0. The number of nitrogens with zero attached hydrogens (tertiary/aromatic N) is 2. The van der Waals surface area contributed by atoms with E-state index in [2.05, 4.69) is 0 Å². The fourth-order valence-electron chi connectivity index (χ4n) is 2.23. The molecule has 0 aromatic carbocycles. The maximum Gasteiger partial charge on any atom is 0.226 e. The quantitative estimate of drug-likeness (QED) is 0.517. The number of ketones is 1. The molecule has 0 aliphatic carbocycles. The van der Waals surface area contributed by atoms with Gasteiger partial charge in [0.2, 0.25) is 17.0 Å². The summed E-state index contributed by atoms with van der Waals surface area (Å²) in [7, 11) is 3.72. The lowest BCUT2D eigenvalue weighted by molar-refractivity contribution is -0.113. The van der Waals surface area contributed by atoms with Crippen LogP contribution in [0.4, 0.5) is 0 Å². The number of carbonyl (C=O) groups excluding carboxylic acids is 1. The second-order valence-electron chi connectivity index (χ2n) is 6.03. The van der Waals surface area contributed by atoms with Gasteiger partial charge in [0.25, 0.3) is 0 Å². The number of allylic oxidation sites excluding steroid dienone is 2. The highest BCUT2D eigenvalue weighted by Crippen LogP contribution is 2.12. The molecule has 25 heavy (non-hydrogen) atoms. The molecule has 138 valence electrons. The Bertz CT molecular complexity index is 706. The van der Waals surface area contributed by atoms with Gasteiger partial charge in [-0.2, -0.15) is 0 Å². The van der Waals surface area contributed by atoms with Crippen molar-refractivity contribution in [3.63, 3.8) is 0 Å². The van der Waals surface area contributed by atoms with Crippen molar-refractivity contribution in [1.82, 2.24) is 9.80 Å². The van der Waals surface area contributed by atoms with Gasteiger partial charge in [0.15, 0.2) is 11.5 Å². The zero-order valence-electron chi connectivity index (χ0n) is 15.2. The van der Waals surface area contributed by atoms with E-state index in [-0.39, 0.29) is 17.3 Å². The first-order valence-corrected chi connectivity index (χ1v) is 7.98. The first-order chi connectivity index (χ1) is 11.8. The number of aliphatic hydroxyl groups is 1. The van der Waals surface area contributed by atoms with Gasteiger partial charge >= 0.3 is 0 Å². The molecular weight excluding hydrogens is 324 g/mol. The summed E-state index contributed by atoms with van der Waals surface area (Å²) in [5.74, 6) is -0.772. The lowest BCUT2D eigenvalue weighted by Crippen LogP contribution is -2.32. The Hall–Kier alpha value is -2.38. The third kappa shape index (κ3) is 6.56. The molecule has 0 atom stereocenters. The van der Waals surface area contributed by atoms with Crippen molar-refractivity contribution in [3.05, 3.63) is 51.8 Å². The Balaban J connectivity index is 2.54. The van der Waals surface area contributed by atoms with Gasteiger partial charge in [0.1, 0.15) is 0 Å². The summed E-state index contributed by atoms with van der Waals surface area (Å²) in [6.07, 6.45) is 4.17. The Kier molecular flexibility index (Phi) is 8.10. The molecule has 0 bridgehead atoms. The van der Waals surface area contributed by atoms with E-state index in [1.54, 1.807) is 19.9 Å². The lowest BCUT2D eigenvalue weighted by atomic mass is 10.2. The second kappa shape index (κ2) is 9.80. The highest BCUT2D eigenvalue weighted by atomic mass is 16.4. The summed E-state index contributed by atoms with van der Waals surface area (Å²) < 4.78 is 5.17. The minimum atomic E-state index is -0.464. The van der Waals surface area contributed by atoms with Crippen LogP contribution in [0.1, 0.15) is 19.6 Å². The van der Waals surface area contributed by atoms with Crippen LogP contribution in [0, 0.1) is 0 Å². The number of rotatable bonds is 9. The molecule has 0 spiro atoms. The van der Waals surface area contributed by atoms with E-state index in [1.165, 1.54) is 18.4 Å². The van der Waals surface area contributed by atoms with E-state index < -0.39 is 11.2 Å². The van der Waals surface area contributed by atoms with Crippen LogP contribution in [0.3, 0.4) is 0 Å². The zero-order valence-corrected chi connectivity index (χ0v) is 15.2. The third-order valence-corrected chi connectivity index (χ3v) is 3.67. The summed E-state index contributed by atoms with van der Waals surface area (Å²) in [5.41, 5.74) is 0.133. The van der Waals surface area contributed by atoms with Crippen molar-refractivity contribution in [2.75, 3.05) is 33.7 Å². The van der Waals surface area contributed by atoms with Crippen molar-refractivity contribution in [2.45, 2.75) is 20.4 Å². The van der Waals surface area contributed by atoms with Crippen molar-refractivity contribution in [2.24, 2.45) is 0 Å². The maximum absolute atomic E-state index is 11.6. The molecule has 7 nitrogen and oxygen atoms in total. The molecule has 1 aromatic rings. The molecule has 0 saturated heterocycles. The van der Waals surface area contributed by atoms with Gasteiger partial charge in [-0.25, -0.2) is 0 Å². The van der Waals surface area contributed by atoms with E-state index >= 15 is 0 Å². The van der Waals surface area contributed by atoms with Crippen LogP contribution in [-0.2, 0) is 11.3 Å². The van der Waals surface area contributed by atoms with Crippen LogP contribution in [0.25, 0.3) is 0 Å². The van der Waals surface area contributed by atoms with Crippen LogP contribution in [0.5, 0.6) is 5.75 Å². The molecule has 1 heterocycles. The van der Waals surface area contributed by atoms with Gasteiger partial charge in [-0.05, 0) is 39.6 Å². The largest absolute Gasteiger partial charge is 0.504 e. The minimum absolute atomic E-state index is 0.225. The van der Waals surface area contributed by atoms with E-state index in [9.17, 15) is 19.8 Å². The fraction of sp³-hybridized carbons (Fsp3) is 0.444. The first-order valence-electron chi connectivity index (χ1n) is 7.98. The van der Waals surface area contributed by atoms with Crippen molar-refractivity contribution >= 4 is 5.78 Å². The third-order valence-electron chi connectivity index (χ3n) is 3.67. The standard InChI is InChI=1S/C18H26N2O5/c1-5-6-14(21)17(23)13(2)11-19(3)8-9-20(4)12-16-18(24)15(22)7-10-25-16/h5-7,10,23-24H,8-9,11-12H2,1-4H3/b6-5-,17-13-. The molecule has 1 aromatic heterocycles. The van der Waals surface area contributed by atoms with Crippen LogP contribution in [0.15, 0.2) is 45.0 Å². The molecule has 0 radical (unpaired) electrons. The Morgan fingerprint density at radius 1 is 1.28 bits per heavy atom. The predicted octanol–water partition coefficient (Wildman–Crippen LogP) is 1.69. The van der Waals surface area contributed by atoms with Crippen LogP contribution in [-0.4, -0.2) is 59.5 Å². The number of aromatic hydroxyl groups is 1. The van der Waals surface area contributed by atoms with Gasteiger partial charge in [-0.15, -0.1) is 0 Å². The molecule has 0 saturated carbocycles. The predicted molar refractivity (Wildman–Crippen MR) is 95.6 cm³/mol. The molecule has 0 aliphatic heterocycles. The topological polar surface area (TPSA) is 94.2 Å². The van der Waals surface area contributed by atoms with Crippen molar-refractivity contribution < 1.29 is 19.4 Å². The lowest BCUT2D eigenvalue weighted by Gasteiger charge is -2.22. The smallest absolute Gasteiger partial charge is 0.226 e. The number of aliphatic hydroxyl groups excluding tert-OH is 1. The van der Waals surface area contributed by atoms with Gasteiger partial charge in [-0.1, -0.05) is 6.08 Å². The second-order valence-corrected chi connectivity index (χ2v) is 6.03. The van der Waals surface area contributed by atoms with Crippen molar-refractivity contribution in [3.8, 4) is 5.75 Å². The van der Waals surface area contributed by atoms with E-state index in [0.717, 1.165) is 0 Å². The van der Waals surface area contributed by atoms with E-state index in [0.29, 0.717) is 31.8 Å². The number of likely N-dealkylation sites (N-methyl/N-ethyl adjacent to an activating group) is 2.